The molecule has 0 bridgehead atoms. The summed E-state index contributed by atoms with van der Waals surface area (Å²) in [5.41, 5.74) is 0.759. The highest BCUT2D eigenvalue weighted by Crippen LogP contribution is 2.15. The van der Waals surface area contributed by atoms with Gasteiger partial charge in [0.15, 0.2) is 0 Å². The van der Waals surface area contributed by atoms with E-state index in [9.17, 15) is 4.79 Å². The van der Waals surface area contributed by atoms with Crippen LogP contribution >= 0.6 is 0 Å². The molecule has 2 nitrogen and oxygen atoms in total. The van der Waals surface area contributed by atoms with Crippen LogP contribution < -0.4 is 0 Å². The Bertz CT molecular complexity index is 206. The Morgan fingerprint density at radius 3 is 2.92 bits per heavy atom. The molecule has 1 heterocycles. The van der Waals surface area contributed by atoms with Crippen molar-refractivity contribution in [2.24, 2.45) is 5.92 Å². The molecule has 0 spiro atoms. The standard InChI is InChI=1S/C11H18O2/c1-9-6-4-3-5-7-13-11(12)10(2)8-9/h8-9H,3-7H2,1-2H3/b10-8-. The lowest BCUT2D eigenvalue weighted by molar-refractivity contribution is -0.139. The molecule has 2 heteroatoms. The molecular formula is C11H18O2. The minimum atomic E-state index is -0.145. The average molecular weight is 182 g/mol. The lowest BCUT2D eigenvalue weighted by Gasteiger charge is -2.11. The van der Waals surface area contributed by atoms with Gasteiger partial charge in [-0.05, 0) is 25.7 Å². The number of hydrogen-bond donors (Lipinski definition) is 0. The van der Waals surface area contributed by atoms with Gasteiger partial charge in [-0.1, -0.05) is 25.8 Å². The minimum absolute atomic E-state index is 0.145. The third-order valence-corrected chi connectivity index (χ3v) is 2.39. The summed E-state index contributed by atoms with van der Waals surface area (Å²) < 4.78 is 5.07. The Morgan fingerprint density at radius 1 is 1.38 bits per heavy atom. The molecular weight excluding hydrogens is 164 g/mol. The molecule has 0 saturated heterocycles. The van der Waals surface area contributed by atoms with Gasteiger partial charge in [0.05, 0.1) is 6.61 Å². The van der Waals surface area contributed by atoms with Crippen LogP contribution in [0.1, 0.15) is 39.5 Å². The van der Waals surface area contributed by atoms with E-state index in [0.29, 0.717) is 12.5 Å². The lowest BCUT2D eigenvalue weighted by atomic mass is 10.0. The molecule has 0 radical (unpaired) electrons. The van der Waals surface area contributed by atoms with Gasteiger partial charge < -0.3 is 4.74 Å². The summed E-state index contributed by atoms with van der Waals surface area (Å²) in [7, 11) is 0. The molecule has 1 aliphatic rings. The van der Waals surface area contributed by atoms with Crippen LogP contribution in [0.15, 0.2) is 11.6 Å². The third-order valence-electron chi connectivity index (χ3n) is 2.39. The summed E-state index contributed by atoms with van der Waals surface area (Å²) in [4.78, 5) is 11.3. The summed E-state index contributed by atoms with van der Waals surface area (Å²) in [5.74, 6) is 0.361. The summed E-state index contributed by atoms with van der Waals surface area (Å²) in [6, 6.07) is 0. The fraction of sp³-hybridized carbons (Fsp3) is 0.727. The first-order valence-electron chi connectivity index (χ1n) is 5.05. The van der Waals surface area contributed by atoms with Crippen LogP contribution in [0.3, 0.4) is 0 Å². The van der Waals surface area contributed by atoms with Crippen molar-refractivity contribution in [3.63, 3.8) is 0 Å². The Balaban J connectivity index is 2.60. The molecule has 1 atom stereocenters. The summed E-state index contributed by atoms with van der Waals surface area (Å²) in [5, 5.41) is 0. The van der Waals surface area contributed by atoms with Gasteiger partial charge in [0, 0.05) is 5.57 Å². The number of ether oxygens (including phenoxy) is 1. The highest BCUT2D eigenvalue weighted by Gasteiger charge is 2.09. The van der Waals surface area contributed by atoms with Crippen molar-refractivity contribution in [3.05, 3.63) is 11.6 Å². The molecule has 0 N–H and O–H groups in total. The molecule has 0 aromatic heterocycles. The number of rotatable bonds is 0. The second kappa shape index (κ2) is 5.05. The van der Waals surface area contributed by atoms with Crippen molar-refractivity contribution < 1.29 is 9.53 Å². The number of cyclic esters (lactones) is 1. The topological polar surface area (TPSA) is 26.3 Å². The highest BCUT2D eigenvalue weighted by atomic mass is 16.5. The van der Waals surface area contributed by atoms with E-state index in [1.807, 2.05) is 13.0 Å². The normalized spacial score (nSPS) is 30.2. The first-order valence-corrected chi connectivity index (χ1v) is 5.05. The Kier molecular flexibility index (Phi) is 4.00. The Labute approximate surface area is 80.0 Å². The van der Waals surface area contributed by atoms with Crippen LogP contribution in [-0.2, 0) is 9.53 Å². The van der Waals surface area contributed by atoms with Crippen LogP contribution in [-0.4, -0.2) is 12.6 Å². The predicted octanol–water partition coefficient (Wildman–Crippen LogP) is 2.69. The zero-order chi connectivity index (χ0) is 9.68. The molecule has 0 saturated carbocycles. The smallest absolute Gasteiger partial charge is 0.333 e. The SMILES string of the molecule is C/C1=C/C(C)CCCCCOC1=O. The predicted molar refractivity (Wildman–Crippen MR) is 52.3 cm³/mol. The van der Waals surface area contributed by atoms with Gasteiger partial charge in [0.25, 0.3) is 0 Å². The summed E-state index contributed by atoms with van der Waals surface area (Å²) in [6.45, 7) is 4.57. The second-order valence-corrected chi connectivity index (χ2v) is 3.81. The Hall–Kier alpha value is -0.790. The van der Waals surface area contributed by atoms with Gasteiger partial charge in [0.2, 0.25) is 0 Å². The van der Waals surface area contributed by atoms with Gasteiger partial charge in [-0.15, -0.1) is 0 Å². The third kappa shape index (κ3) is 3.62. The number of hydrogen-bond acceptors (Lipinski definition) is 2. The maximum Gasteiger partial charge on any atom is 0.333 e. The van der Waals surface area contributed by atoms with E-state index in [4.69, 9.17) is 4.74 Å². The van der Waals surface area contributed by atoms with E-state index in [-0.39, 0.29) is 5.97 Å². The van der Waals surface area contributed by atoms with Gasteiger partial charge >= 0.3 is 5.97 Å². The molecule has 1 rings (SSSR count). The van der Waals surface area contributed by atoms with Crippen molar-refractivity contribution in [2.45, 2.75) is 39.5 Å². The number of allylic oxidation sites excluding steroid dienone is 1. The van der Waals surface area contributed by atoms with E-state index in [0.717, 1.165) is 12.0 Å². The number of carbonyl (C=O) groups is 1. The van der Waals surface area contributed by atoms with E-state index < -0.39 is 0 Å². The quantitative estimate of drug-likeness (QED) is 0.538. The largest absolute Gasteiger partial charge is 0.462 e. The van der Waals surface area contributed by atoms with Crippen molar-refractivity contribution >= 4 is 5.97 Å². The van der Waals surface area contributed by atoms with E-state index in [1.165, 1.54) is 19.3 Å². The molecule has 1 unspecified atom stereocenters. The zero-order valence-electron chi connectivity index (χ0n) is 8.51. The molecule has 0 amide bonds. The van der Waals surface area contributed by atoms with Crippen LogP contribution in [0, 0.1) is 5.92 Å². The van der Waals surface area contributed by atoms with Crippen molar-refractivity contribution in [1.29, 1.82) is 0 Å². The van der Waals surface area contributed by atoms with E-state index >= 15 is 0 Å². The molecule has 1 aliphatic heterocycles. The fourth-order valence-corrected chi connectivity index (χ4v) is 1.60. The van der Waals surface area contributed by atoms with Gasteiger partial charge in [0.1, 0.15) is 0 Å². The van der Waals surface area contributed by atoms with Gasteiger partial charge in [-0.3, -0.25) is 0 Å². The van der Waals surface area contributed by atoms with Gasteiger partial charge in [-0.2, -0.15) is 0 Å². The Morgan fingerprint density at radius 2 is 2.15 bits per heavy atom. The van der Waals surface area contributed by atoms with Crippen molar-refractivity contribution in [3.8, 4) is 0 Å². The molecule has 0 aliphatic carbocycles. The van der Waals surface area contributed by atoms with Crippen molar-refractivity contribution in [2.75, 3.05) is 6.61 Å². The maximum absolute atomic E-state index is 11.3. The summed E-state index contributed by atoms with van der Waals surface area (Å²) in [6.07, 6.45) is 6.62. The van der Waals surface area contributed by atoms with Crippen LogP contribution in [0.5, 0.6) is 0 Å². The molecule has 13 heavy (non-hydrogen) atoms. The first-order chi connectivity index (χ1) is 6.20. The number of esters is 1. The van der Waals surface area contributed by atoms with Crippen LogP contribution in [0.4, 0.5) is 0 Å². The van der Waals surface area contributed by atoms with Crippen LogP contribution in [0.2, 0.25) is 0 Å². The first kappa shape index (κ1) is 10.3. The zero-order valence-corrected chi connectivity index (χ0v) is 8.51. The number of carbonyl (C=O) groups excluding carboxylic acids is 1. The van der Waals surface area contributed by atoms with Gasteiger partial charge in [-0.25, -0.2) is 4.79 Å². The summed E-state index contributed by atoms with van der Waals surface area (Å²) >= 11 is 0. The van der Waals surface area contributed by atoms with Crippen LogP contribution in [0.25, 0.3) is 0 Å². The fourth-order valence-electron chi connectivity index (χ4n) is 1.60. The minimum Gasteiger partial charge on any atom is -0.462 e. The maximum atomic E-state index is 11.3. The molecule has 0 aromatic carbocycles. The van der Waals surface area contributed by atoms with E-state index in [1.54, 1.807) is 0 Å². The van der Waals surface area contributed by atoms with E-state index in [2.05, 4.69) is 6.92 Å². The molecule has 0 aromatic rings. The molecule has 74 valence electrons. The monoisotopic (exact) mass is 182 g/mol. The lowest BCUT2D eigenvalue weighted by Crippen LogP contribution is -2.09. The van der Waals surface area contributed by atoms with Crippen molar-refractivity contribution in [1.82, 2.24) is 0 Å². The second-order valence-electron chi connectivity index (χ2n) is 3.81. The highest BCUT2D eigenvalue weighted by molar-refractivity contribution is 5.87. The molecule has 0 fully saturated rings. The average Bonchev–Trinajstić information content (AvgIpc) is 2.09.